The standard InChI is InChI=1S/C16H23N3/c1-3-8-17-13-14-6-5-7-15(12-14)16-18-9-11-19(16)10-4-2/h5-7,9,11-12,17H,3-4,8,10,13H2,1-2H3. The SMILES string of the molecule is CCCNCc1cccc(-c2nccn2CCC)c1. The van der Waals surface area contributed by atoms with Gasteiger partial charge in [0.05, 0.1) is 0 Å². The second-order valence-electron chi connectivity index (χ2n) is 4.82. The molecule has 0 fully saturated rings. The molecule has 1 aromatic heterocycles. The van der Waals surface area contributed by atoms with Crippen molar-refractivity contribution in [2.45, 2.75) is 39.8 Å². The predicted octanol–water partition coefficient (Wildman–Crippen LogP) is 3.46. The fraction of sp³-hybridized carbons (Fsp3) is 0.438. The zero-order chi connectivity index (χ0) is 13.5. The van der Waals surface area contributed by atoms with Crippen LogP contribution < -0.4 is 5.32 Å². The van der Waals surface area contributed by atoms with Crippen LogP contribution in [0, 0.1) is 0 Å². The van der Waals surface area contributed by atoms with E-state index in [2.05, 4.69) is 59.2 Å². The van der Waals surface area contributed by atoms with E-state index in [1.165, 1.54) is 17.5 Å². The minimum atomic E-state index is 0.927. The lowest BCUT2D eigenvalue weighted by Gasteiger charge is -2.08. The molecule has 2 aromatic rings. The summed E-state index contributed by atoms with van der Waals surface area (Å²) in [7, 11) is 0. The van der Waals surface area contributed by atoms with E-state index in [0.717, 1.165) is 31.9 Å². The van der Waals surface area contributed by atoms with Crippen LogP contribution in [-0.2, 0) is 13.1 Å². The molecule has 1 heterocycles. The molecule has 0 bridgehead atoms. The van der Waals surface area contributed by atoms with E-state index >= 15 is 0 Å². The van der Waals surface area contributed by atoms with Crippen molar-refractivity contribution in [2.75, 3.05) is 6.54 Å². The maximum absolute atomic E-state index is 4.49. The van der Waals surface area contributed by atoms with E-state index in [1.54, 1.807) is 0 Å². The van der Waals surface area contributed by atoms with Crippen LogP contribution >= 0.6 is 0 Å². The zero-order valence-corrected chi connectivity index (χ0v) is 11.9. The Bertz CT molecular complexity index is 502. The number of nitrogens with one attached hydrogen (secondary N) is 1. The van der Waals surface area contributed by atoms with Crippen molar-refractivity contribution in [3.63, 3.8) is 0 Å². The second kappa shape index (κ2) is 7.10. The summed E-state index contributed by atoms with van der Waals surface area (Å²) in [6, 6.07) is 8.65. The highest BCUT2D eigenvalue weighted by Crippen LogP contribution is 2.19. The molecule has 0 saturated heterocycles. The van der Waals surface area contributed by atoms with E-state index in [0.29, 0.717) is 0 Å². The number of hydrogen-bond acceptors (Lipinski definition) is 2. The minimum absolute atomic E-state index is 0.927. The van der Waals surface area contributed by atoms with Gasteiger partial charge in [0.15, 0.2) is 0 Å². The minimum Gasteiger partial charge on any atom is -0.331 e. The van der Waals surface area contributed by atoms with Gasteiger partial charge in [-0.25, -0.2) is 4.98 Å². The number of aromatic nitrogens is 2. The van der Waals surface area contributed by atoms with Gasteiger partial charge in [-0.1, -0.05) is 32.0 Å². The lowest BCUT2D eigenvalue weighted by molar-refractivity contribution is 0.674. The van der Waals surface area contributed by atoms with Crippen molar-refractivity contribution < 1.29 is 0 Å². The van der Waals surface area contributed by atoms with Gasteiger partial charge in [-0.15, -0.1) is 0 Å². The molecule has 1 aromatic carbocycles. The quantitative estimate of drug-likeness (QED) is 0.770. The van der Waals surface area contributed by atoms with Gasteiger partial charge in [0.1, 0.15) is 5.82 Å². The van der Waals surface area contributed by atoms with Gasteiger partial charge < -0.3 is 9.88 Å². The number of benzene rings is 1. The van der Waals surface area contributed by atoms with Crippen molar-refractivity contribution in [1.82, 2.24) is 14.9 Å². The Balaban J connectivity index is 2.15. The van der Waals surface area contributed by atoms with Gasteiger partial charge in [-0.3, -0.25) is 0 Å². The molecule has 3 nitrogen and oxygen atoms in total. The average molecular weight is 257 g/mol. The van der Waals surface area contributed by atoms with Crippen LogP contribution in [0.5, 0.6) is 0 Å². The predicted molar refractivity (Wildman–Crippen MR) is 80.0 cm³/mol. The highest BCUT2D eigenvalue weighted by Gasteiger charge is 2.05. The fourth-order valence-corrected chi connectivity index (χ4v) is 2.22. The van der Waals surface area contributed by atoms with Crippen LogP contribution in [0.2, 0.25) is 0 Å². The molecule has 1 N–H and O–H groups in total. The Morgan fingerprint density at radius 3 is 2.89 bits per heavy atom. The van der Waals surface area contributed by atoms with Crippen molar-refractivity contribution in [3.8, 4) is 11.4 Å². The summed E-state index contributed by atoms with van der Waals surface area (Å²) in [6.07, 6.45) is 6.23. The zero-order valence-electron chi connectivity index (χ0n) is 11.9. The number of hydrogen-bond donors (Lipinski definition) is 1. The lowest BCUT2D eigenvalue weighted by Crippen LogP contribution is -2.13. The number of rotatable bonds is 7. The van der Waals surface area contributed by atoms with E-state index in [9.17, 15) is 0 Å². The summed E-state index contributed by atoms with van der Waals surface area (Å²) in [4.78, 5) is 4.49. The van der Waals surface area contributed by atoms with Crippen LogP contribution in [-0.4, -0.2) is 16.1 Å². The van der Waals surface area contributed by atoms with E-state index in [1.807, 2.05) is 6.20 Å². The van der Waals surface area contributed by atoms with Crippen LogP contribution in [0.15, 0.2) is 36.7 Å². The van der Waals surface area contributed by atoms with Crippen LogP contribution in [0.1, 0.15) is 32.3 Å². The Morgan fingerprint density at radius 2 is 2.11 bits per heavy atom. The highest BCUT2D eigenvalue weighted by atomic mass is 15.1. The lowest BCUT2D eigenvalue weighted by atomic mass is 10.1. The van der Waals surface area contributed by atoms with Crippen molar-refractivity contribution in [3.05, 3.63) is 42.2 Å². The van der Waals surface area contributed by atoms with Crippen molar-refractivity contribution in [2.24, 2.45) is 0 Å². The number of aryl methyl sites for hydroxylation is 1. The van der Waals surface area contributed by atoms with Gasteiger partial charge in [-0.2, -0.15) is 0 Å². The molecular formula is C16H23N3. The third-order valence-electron chi connectivity index (χ3n) is 3.12. The largest absolute Gasteiger partial charge is 0.331 e. The molecule has 0 aliphatic carbocycles. The first-order valence-corrected chi connectivity index (χ1v) is 7.16. The first-order valence-electron chi connectivity index (χ1n) is 7.16. The van der Waals surface area contributed by atoms with Gasteiger partial charge in [-0.05, 0) is 31.0 Å². The molecule has 0 saturated carbocycles. The van der Waals surface area contributed by atoms with Crippen molar-refractivity contribution in [1.29, 1.82) is 0 Å². The third-order valence-corrected chi connectivity index (χ3v) is 3.12. The molecular weight excluding hydrogens is 234 g/mol. The third kappa shape index (κ3) is 3.67. The Hall–Kier alpha value is -1.61. The molecule has 0 aliphatic rings. The first-order chi connectivity index (χ1) is 9.35. The summed E-state index contributed by atoms with van der Waals surface area (Å²) in [5.41, 5.74) is 2.52. The molecule has 0 amide bonds. The summed E-state index contributed by atoms with van der Waals surface area (Å²) in [6.45, 7) is 7.39. The normalized spacial score (nSPS) is 10.8. The maximum Gasteiger partial charge on any atom is 0.139 e. The monoisotopic (exact) mass is 257 g/mol. The average Bonchev–Trinajstić information content (AvgIpc) is 2.88. The molecule has 0 spiro atoms. The summed E-state index contributed by atoms with van der Waals surface area (Å²) in [5, 5.41) is 3.44. The molecule has 2 rings (SSSR count). The Kier molecular flexibility index (Phi) is 5.16. The molecule has 0 radical (unpaired) electrons. The number of imidazole rings is 1. The molecule has 0 atom stereocenters. The summed E-state index contributed by atoms with van der Waals surface area (Å²) in [5.74, 6) is 1.07. The summed E-state index contributed by atoms with van der Waals surface area (Å²) < 4.78 is 2.22. The highest BCUT2D eigenvalue weighted by molar-refractivity contribution is 5.56. The Morgan fingerprint density at radius 1 is 1.21 bits per heavy atom. The van der Waals surface area contributed by atoms with Gasteiger partial charge in [0, 0.05) is 31.0 Å². The first kappa shape index (κ1) is 13.8. The maximum atomic E-state index is 4.49. The molecule has 0 aliphatic heterocycles. The fourth-order valence-electron chi connectivity index (χ4n) is 2.22. The second-order valence-corrected chi connectivity index (χ2v) is 4.82. The number of nitrogens with zero attached hydrogens (tertiary/aromatic N) is 2. The van der Waals surface area contributed by atoms with E-state index < -0.39 is 0 Å². The molecule has 0 unspecified atom stereocenters. The molecule has 19 heavy (non-hydrogen) atoms. The van der Waals surface area contributed by atoms with Gasteiger partial charge in [0.25, 0.3) is 0 Å². The van der Waals surface area contributed by atoms with E-state index in [-0.39, 0.29) is 0 Å². The van der Waals surface area contributed by atoms with Crippen molar-refractivity contribution >= 4 is 0 Å². The van der Waals surface area contributed by atoms with Crippen LogP contribution in [0.3, 0.4) is 0 Å². The van der Waals surface area contributed by atoms with Crippen LogP contribution in [0.25, 0.3) is 11.4 Å². The van der Waals surface area contributed by atoms with Gasteiger partial charge in [0.2, 0.25) is 0 Å². The van der Waals surface area contributed by atoms with Gasteiger partial charge >= 0.3 is 0 Å². The van der Waals surface area contributed by atoms with E-state index in [4.69, 9.17) is 0 Å². The topological polar surface area (TPSA) is 29.9 Å². The summed E-state index contributed by atoms with van der Waals surface area (Å²) >= 11 is 0. The Labute approximate surface area is 115 Å². The molecule has 102 valence electrons. The molecule has 3 heteroatoms. The van der Waals surface area contributed by atoms with Crippen LogP contribution in [0.4, 0.5) is 0 Å². The smallest absolute Gasteiger partial charge is 0.139 e.